The van der Waals surface area contributed by atoms with E-state index in [1.807, 2.05) is 44.2 Å². The third-order valence-corrected chi connectivity index (χ3v) is 16.1. The highest BCUT2D eigenvalue weighted by molar-refractivity contribution is 7.87. The van der Waals surface area contributed by atoms with E-state index in [1.165, 1.54) is 34.3 Å². The van der Waals surface area contributed by atoms with E-state index in [2.05, 4.69) is 4.18 Å². The molecule has 0 aromatic rings. The van der Waals surface area contributed by atoms with Crippen LogP contribution in [-0.4, -0.2) is 141 Å². The summed E-state index contributed by atoms with van der Waals surface area (Å²) in [6.07, 6.45) is 6.06. The molecule has 2 bridgehead atoms. The van der Waals surface area contributed by atoms with Crippen LogP contribution in [0.5, 0.6) is 0 Å². The number of Topliss-reactive ketones (excluding diaryl/α,β-unsaturated/α-hetero) is 3. The normalized spacial score (nSPS) is 35.8. The smallest absolute Gasteiger partial charge is 0.460 e. The molecule has 20 heteroatoms. The van der Waals surface area contributed by atoms with Crippen LogP contribution in [0.15, 0.2) is 47.6 Å². The zero-order valence-electron chi connectivity index (χ0n) is 43.4. The molecule has 408 valence electrons. The van der Waals surface area contributed by atoms with Crippen molar-refractivity contribution in [3.63, 3.8) is 0 Å². The molecule has 0 spiro atoms. The first-order valence-electron chi connectivity index (χ1n) is 25.2. The zero-order valence-corrected chi connectivity index (χ0v) is 44.2. The number of alkyl halides is 3. The minimum Gasteiger partial charge on any atom is -0.460 e. The lowest BCUT2D eigenvalue weighted by atomic mass is 9.78. The summed E-state index contributed by atoms with van der Waals surface area (Å²) in [7, 11) is -1.83. The monoisotopic (exact) mass is 1050 g/mol. The molecule has 1 amide bonds. The van der Waals surface area contributed by atoms with Gasteiger partial charge in [-0.25, -0.2) is 4.79 Å². The van der Waals surface area contributed by atoms with Gasteiger partial charge in [0.05, 0.1) is 24.4 Å². The van der Waals surface area contributed by atoms with Gasteiger partial charge in [-0.3, -0.25) is 23.4 Å². The molecule has 1 unspecified atom stereocenters. The number of ketones is 3. The first-order valence-corrected chi connectivity index (χ1v) is 26.6. The van der Waals surface area contributed by atoms with Gasteiger partial charge in [0, 0.05) is 58.5 Å². The number of halogens is 3. The number of hydrogen-bond acceptors (Lipinski definition) is 15. The molecule has 72 heavy (non-hydrogen) atoms. The molecule has 1 aliphatic carbocycles. The molecule has 4 rings (SSSR count). The van der Waals surface area contributed by atoms with Crippen molar-refractivity contribution in [1.29, 1.82) is 0 Å². The summed E-state index contributed by atoms with van der Waals surface area (Å²) >= 11 is 0. The van der Waals surface area contributed by atoms with Crippen LogP contribution >= 0.6 is 0 Å². The second-order valence-corrected chi connectivity index (χ2v) is 22.1. The summed E-state index contributed by atoms with van der Waals surface area (Å²) in [5.74, 6) is -9.62. The van der Waals surface area contributed by atoms with Crippen molar-refractivity contribution in [2.24, 2.45) is 35.5 Å². The number of aliphatic hydroxyl groups excluding tert-OH is 1. The number of fused-ring (bicyclic) bond motifs is 3. The first-order chi connectivity index (χ1) is 33.7. The maximum Gasteiger partial charge on any atom is 0.523 e. The maximum atomic E-state index is 14.4. The van der Waals surface area contributed by atoms with Crippen molar-refractivity contribution < 1.29 is 83.6 Å². The summed E-state index contributed by atoms with van der Waals surface area (Å²) in [6.45, 7) is 12.1. The van der Waals surface area contributed by atoms with E-state index < -0.39 is 117 Å². The summed E-state index contributed by atoms with van der Waals surface area (Å²) < 4.78 is 97.1. The summed E-state index contributed by atoms with van der Waals surface area (Å²) in [5.41, 5.74) is -4.62. The summed E-state index contributed by atoms with van der Waals surface area (Å²) in [4.78, 5) is 71.9. The van der Waals surface area contributed by atoms with Crippen molar-refractivity contribution >= 4 is 39.3 Å². The number of ether oxygens (including phenoxy) is 5. The molecule has 3 fully saturated rings. The van der Waals surface area contributed by atoms with Crippen LogP contribution in [0.1, 0.15) is 126 Å². The van der Waals surface area contributed by atoms with Gasteiger partial charge in [0.15, 0.2) is 11.6 Å². The minimum absolute atomic E-state index is 0.0195. The van der Waals surface area contributed by atoms with E-state index in [0.29, 0.717) is 32.1 Å². The first kappa shape index (κ1) is 60.9. The Kier molecular flexibility index (Phi) is 22.6. The van der Waals surface area contributed by atoms with E-state index in [4.69, 9.17) is 23.7 Å². The Labute approximate surface area is 423 Å². The highest BCUT2D eigenvalue weighted by Crippen LogP contribution is 2.39. The number of carbonyl (C=O) groups excluding carboxylic acids is 5. The largest absolute Gasteiger partial charge is 0.523 e. The molecule has 0 radical (unpaired) electrons. The molecule has 16 nitrogen and oxygen atoms in total. The predicted molar refractivity (Wildman–Crippen MR) is 259 cm³/mol. The molecule has 3 heterocycles. The van der Waals surface area contributed by atoms with Crippen LogP contribution in [0.2, 0.25) is 0 Å². The van der Waals surface area contributed by atoms with Gasteiger partial charge >= 0.3 is 21.6 Å². The molecule has 0 aromatic heterocycles. The number of methoxy groups -OCH3 is 3. The van der Waals surface area contributed by atoms with Gasteiger partial charge in [-0.2, -0.15) is 21.6 Å². The maximum absolute atomic E-state index is 14.4. The fourth-order valence-corrected chi connectivity index (χ4v) is 11.1. The lowest BCUT2D eigenvalue weighted by molar-refractivity contribution is -0.265. The fourth-order valence-electron chi connectivity index (χ4n) is 10.4. The number of esters is 1. The lowest BCUT2D eigenvalue weighted by Gasteiger charge is -2.42. The lowest BCUT2D eigenvalue weighted by Crippen LogP contribution is -2.61. The average molecular weight is 1050 g/mol. The third-order valence-electron chi connectivity index (χ3n) is 15.0. The zero-order chi connectivity index (χ0) is 53.9. The Balaban J connectivity index is 1.71. The van der Waals surface area contributed by atoms with Crippen LogP contribution in [-0.2, 0) is 62.0 Å². The number of amides is 1. The third kappa shape index (κ3) is 15.7. The van der Waals surface area contributed by atoms with E-state index in [1.54, 1.807) is 27.7 Å². The molecule has 2 saturated heterocycles. The van der Waals surface area contributed by atoms with Crippen molar-refractivity contribution in [3.8, 4) is 0 Å². The van der Waals surface area contributed by atoms with E-state index in [9.17, 15) is 55.8 Å². The minimum atomic E-state index is -5.91. The molecule has 4 aliphatic rings. The fraction of sp³-hybridized carbons (Fsp3) is 0.750. The highest BCUT2D eigenvalue weighted by atomic mass is 32.2. The van der Waals surface area contributed by atoms with Gasteiger partial charge in [-0.15, -0.1) is 0 Å². The van der Waals surface area contributed by atoms with Gasteiger partial charge < -0.3 is 38.8 Å². The van der Waals surface area contributed by atoms with Gasteiger partial charge in [0.2, 0.25) is 5.79 Å². The number of allylic oxidation sites excluding steroid dienone is 6. The Hall–Kier alpha value is -3.63. The second-order valence-electron chi connectivity index (χ2n) is 20.6. The van der Waals surface area contributed by atoms with Crippen LogP contribution < -0.4 is 0 Å². The molecule has 1 saturated carbocycles. The number of aliphatic hydroxyl groups is 2. The van der Waals surface area contributed by atoms with Gasteiger partial charge in [-0.1, -0.05) is 71.1 Å². The second kappa shape index (κ2) is 26.7. The van der Waals surface area contributed by atoms with Crippen LogP contribution in [0.25, 0.3) is 0 Å². The Bertz CT molecular complexity index is 2130. The van der Waals surface area contributed by atoms with Crippen molar-refractivity contribution in [2.45, 2.75) is 186 Å². The van der Waals surface area contributed by atoms with Crippen LogP contribution in [0, 0.1) is 35.5 Å². The predicted octanol–water partition coefficient (Wildman–Crippen LogP) is 7.05. The van der Waals surface area contributed by atoms with Crippen LogP contribution in [0.4, 0.5) is 13.2 Å². The topological polar surface area (TPSA) is 219 Å². The Morgan fingerprint density at radius 2 is 1.57 bits per heavy atom. The molecule has 2 N–H and O–H groups in total. The van der Waals surface area contributed by atoms with Crippen molar-refractivity contribution in [3.05, 3.63) is 47.6 Å². The quantitative estimate of drug-likeness (QED) is 0.108. The molecule has 15 atom stereocenters. The highest BCUT2D eigenvalue weighted by Gasteiger charge is 2.54. The van der Waals surface area contributed by atoms with E-state index in [0.717, 1.165) is 10.5 Å². The van der Waals surface area contributed by atoms with Gasteiger partial charge in [0.1, 0.15) is 24.4 Å². The molecule has 3 aliphatic heterocycles. The number of piperidine rings is 1. The van der Waals surface area contributed by atoms with Crippen LogP contribution in [0.3, 0.4) is 0 Å². The van der Waals surface area contributed by atoms with Gasteiger partial charge in [0.25, 0.3) is 11.7 Å². The summed E-state index contributed by atoms with van der Waals surface area (Å²) in [5, 5.41) is 23.4. The number of cyclic esters (lactones) is 1. The van der Waals surface area contributed by atoms with Gasteiger partial charge in [-0.05, 0) is 107 Å². The number of hydrogen-bond donors (Lipinski definition) is 2. The van der Waals surface area contributed by atoms with Crippen molar-refractivity contribution in [2.75, 3.05) is 27.9 Å². The summed E-state index contributed by atoms with van der Waals surface area (Å²) in [6, 6.07) is -1.29. The Morgan fingerprint density at radius 1 is 0.875 bits per heavy atom. The standard InChI is InChI=1S/C52H78F3NO15S/c1-30-16-12-11-13-17-31(2)42(66-8)28-38-21-19-36(7)51(63,70-38)48(60)49(61)56-23-15-14-18-39(56)50(62)69-43(29-40(57)32(3)25-35(6)46(59)47(68-10)45(58)34(5)24-30)33(4)26-37-20-22-41(44(27-37)67-9)71-72(64,65)52(53,54)55/h11-13,16-17,25,30,33-39,41-44,46-47,59,63H,14-15,18-24,26-29H2,1-10H3/t30-,33-,34-,35?,36-,37+,38+,39+,41-,42+,43+,44-,46-,47+,51-/m1/s1. The number of nitrogens with zero attached hydrogens (tertiary/aromatic N) is 1. The average Bonchev–Trinajstić information content (AvgIpc) is 3.32. The SMILES string of the molecule is CO[C@H]1C[C@@H]2CC[C@@H](C)[C@@](O)(O2)C(=O)C(=O)N2CCCC[C@H]2C(=O)O[C@H]([C@H](C)C[C@@H]2CC[C@@H](OS(=O)(=O)C(F)(F)F)[C@H](OC)C2)CC(=O)C(C)=CC(C)[C@@H](O)[C@@H](OC)C(=O)[C@H](C)C[C@H](C)C=CC=CC=C1C. The Morgan fingerprint density at radius 3 is 2.21 bits per heavy atom. The molecular formula is C52H78F3NO15S. The molecule has 0 aromatic carbocycles. The molecular weight excluding hydrogens is 968 g/mol. The van der Waals surface area contributed by atoms with E-state index in [-0.39, 0.29) is 74.7 Å². The van der Waals surface area contributed by atoms with Crippen molar-refractivity contribution in [1.82, 2.24) is 4.90 Å². The van der Waals surface area contributed by atoms with E-state index >= 15 is 0 Å². The number of carbonyl (C=O) groups is 5. The number of rotatable bonds is 8.